The van der Waals surface area contributed by atoms with Gasteiger partial charge in [0.15, 0.2) is 0 Å². The Morgan fingerprint density at radius 2 is 1.75 bits per heavy atom. The summed E-state index contributed by atoms with van der Waals surface area (Å²) < 4.78 is 2.04. The predicted molar refractivity (Wildman–Crippen MR) is 112 cm³/mol. The smallest absolute Gasteiger partial charge is 0.225 e. The van der Waals surface area contributed by atoms with Crippen molar-refractivity contribution in [3.05, 3.63) is 48.2 Å². The van der Waals surface area contributed by atoms with Crippen molar-refractivity contribution < 1.29 is 4.79 Å². The lowest BCUT2D eigenvalue weighted by Gasteiger charge is -2.36. The van der Waals surface area contributed by atoms with Gasteiger partial charge in [0.25, 0.3) is 0 Å². The number of rotatable bonds is 7. The Hall–Kier alpha value is -2.14. The fourth-order valence-electron chi connectivity index (χ4n) is 4.77. The second kappa shape index (κ2) is 9.37. The minimum Gasteiger partial charge on any atom is -0.311 e. The van der Waals surface area contributed by atoms with Crippen LogP contribution in [0.5, 0.6) is 0 Å². The molecular weight excluding hydrogens is 348 g/mol. The maximum atomic E-state index is 12.4. The molecule has 150 valence electrons. The van der Waals surface area contributed by atoms with Crippen LogP contribution >= 0.6 is 0 Å². The SMILES string of the molecule is O=C(CCCc1ccccc1)Nc1ccnn1C1CCN(C2CCCC2)CC1. The molecule has 0 bridgehead atoms. The van der Waals surface area contributed by atoms with E-state index in [2.05, 4.69) is 27.4 Å². The van der Waals surface area contributed by atoms with Crippen molar-refractivity contribution in [3.63, 3.8) is 0 Å². The van der Waals surface area contributed by atoms with Crippen LogP contribution in [0.15, 0.2) is 42.6 Å². The Bertz CT molecular complexity index is 743. The average molecular weight is 381 g/mol. The highest BCUT2D eigenvalue weighted by Gasteiger charge is 2.28. The van der Waals surface area contributed by atoms with Crippen LogP contribution in [0, 0.1) is 0 Å². The highest BCUT2D eigenvalue weighted by atomic mass is 16.1. The normalized spacial score (nSPS) is 19.1. The van der Waals surface area contributed by atoms with Crippen LogP contribution in [0.4, 0.5) is 5.82 Å². The van der Waals surface area contributed by atoms with E-state index in [9.17, 15) is 4.79 Å². The molecule has 2 heterocycles. The first-order valence-corrected chi connectivity index (χ1v) is 10.9. The molecule has 1 saturated carbocycles. The number of hydrogen-bond donors (Lipinski definition) is 1. The lowest BCUT2D eigenvalue weighted by atomic mass is 10.0. The number of aromatic nitrogens is 2. The van der Waals surface area contributed by atoms with Crippen molar-refractivity contribution in [2.45, 2.75) is 69.9 Å². The van der Waals surface area contributed by atoms with Crippen LogP contribution < -0.4 is 5.32 Å². The molecule has 5 nitrogen and oxygen atoms in total. The zero-order chi connectivity index (χ0) is 19.2. The van der Waals surface area contributed by atoms with Crippen LogP contribution in [-0.2, 0) is 11.2 Å². The standard InChI is InChI=1S/C23H32N4O/c28-23(12-6-9-19-7-2-1-3-8-19)25-22-13-16-24-27(22)21-14-17-26(18-15-21)20-10-4-5-11-20/h1-3,7-8,13,16,20-21H,4-6,9-12,14-15,17-18H2,(H,25,28). The molecule has 5 heteroatoms. The molecule has 2 fully saturated rings. The number of piperidine rings is 1. The molecule has 1 aliphatic heterocycles. The largest absolute Gasteiger partial charge is 0.311 e. The molecule has 1 N–H and O–H groups in total. The molecular formula is C23H32N4O. The minimum absolute atomic E-state index is 0.0843. The molecule has 1 aliphatic carbocycles. The maximum absolute atomic E-state index is 12.4. The van der Waals surface area contributed by atoms with E-state index in [0.717, 1.165) is 50.6 Å². The van der Waals surface area contributed by atoms with Gasteiger partial charge in [0.2, 0.25) is 5.91 Å². The zero-order valence-electron chi connectivity index (χ0n) is 16.7. The number of hydrogen-bond acceptors (Lipinski definition) is 3. The summed E-state index contributed by atoms with van der Waals surface area (Å²) in [5.74, 6) is 0.935. The van der Waals surface area contributed by atoms with Crippen molar-refractivity contribution in [1.82, 2.24) is 14.7 Å². The van der Waals surface area contributed by atoms with Gasteiger partial charge in [-0.2, -0.15) is 5.10 Å². The van der Waals surface area contributed by atoms with E-state index < -0.39 is 0 Å². The molecule has 1 aromatic heterocycles. The maximum Gasteiger partial charge on any atom is 0.225 e. The molecule has 4 rings (SSSR count). The fraction of sp³-hybridized carbons (Fsp3) is 0.565. The zero-order valence-corrected chi connectivity index (χ0v) is 16.7. The predicted octanol–water partition coefficient (Wildman–Crippen LogP) is 4.42. The molecule has 1 saturated heterocycles. The first kappa shape index (κ1) is 19.2. The van der Waals surface area contributed by atoms with Crippen molar-refractivity contribution >= 4 is 11.7 Å². The Kier molecular flexibility index (Phi) is 6.42. The number of anilines is 1. The molecule has 2 aliphatic rings. The second-order valence-corrected chi connectivity index (χ2v) is 8.25. The number of amides is 1. The van der Waals surface area contributed by atoms with Crippen LogP contribution in [0.25, 0.3) is 0 Å². The molecule has 0 unspecified atom stereocenters. The summed E-state index contributed by atoms with van der Waals surface area (Å²) in [7, 11) is 0. The third-order valence-electron chi connectivity index (χ3n) is 6.34. The average Bonchev–Trinajstić information content (AvgIpc) is 3.41. The molecule has 1 amide bonds. The van der Waals surface area contributed by atoms with Crippen molar-refractivity contribution in [2.75, 3.05) is 18.4 Å². The van der Waals surface area contributed by atoms with E-state index in [4.69, 9.17) is 0 Å². The molecule has 0 spiro atoms. The summed E-state index contributed by atoms with van der Waals surface area (Å²) in [6.45, 7) is 2.30. The van der Waals surface area contributed by atoms with Gasteiger partial charge in [-0.25, -0.2) is 4.68 Å². The van der Waals surface area contributed by atoms with Gasteiger partial charge in [-0.3, -0.25) is 4.79 Å². The number of nitrogens with one attached hydrogen (secondary N) is 1. The van der Waals surface area contributed by atoms with Gasteiger partial charge in [0.1, 0.15) is 5.82 Å². The summed E-state index contributed by atoms with van der Waals surface area (Å²) in [4.78, 5) is 15.1. The molecule has 2 aromatic rings. The van der Waals surface area contributed by atoms with Gasteiger partial charge in [0.05, 0.1) is 12.2 Å². The van der Waals surface area contributed by atoms with Gasteiger partial charge >= 0.3 is 0 Å². The fourth-order valence-corrected chi connectivity index (χ4v) is 4.77. The Morgan fingerprint density at radius 3 is 2.50 bits per heavy atom. The van der Waals surface area contributed by atoms with E-state index in [1.165, 1.54) is 31.2 Å². The van der Waals surface area contributed by atoms with Gasteiger partial charge in [-0.05, 0) is 44.1 Å². The molecule has 1 aromatic carbocycles. The lowest BCUT2D eigenvalue weighted by molar-refractivity contribution is -0.116. The van der Waals surface area contributed by atoms with E-state index in [0.29, 0.717) is 12.5 Å². The quantitative estimate of drug-likeness (QED) is 0.773. The first-order chi connectivity index (χ1) is 13.8. The third-order valence-corrected chi connectivity index (χ3v) is 6.34. The number of carbonyl (C=O) groups excluding carboxylic acids is 1. The van der Waals surface area contributed by atoms with E-state index >= 15 is 0 Å². The summed E-state index contributed by atoms with van der Waals surface area (Å²) in [5.41, 5.74) is 1.29. The van der Waals surface area contributed by atoms with Crippen LogP contribution in [-0.4, -0.2) is 39.7 Å². The Labute approximate surface area is 168 Å². The summed E-state index contributed by atoms with van der Waals surface area (Å²) in [6, 6.07) is 13.5. The van der Waals surface area contributed by atoms with Crippen LogP contribution in [0.3, 0.4) is 0 Å². The first-order valence-electron chi connectivity index (χ1n) is 10.9. The summed E-state index contributed by atoms with van der Waals surface area (Å²) in [6.07, 6.45) is 11.9. The second-order valence-electron chi connectivity index (χ2n) is 8.25. The molecule has 28 heavy (non-hydrogen) atoms. The number of carbonyl (C=O) groups is 1. The van der Waals surface area contributed by atoms with Crippen molar-refractivity contribution in [1.29, 1.82) is 0 Å². The van der Waals surface area contributed by atoms with E-state index in [-0.39, 0.29) is 5.91 Å². The highest BCUT2D eigenvalue weighted by Crippen LogP contribution is 2.30. The Morgan fingerprint density at radius 1 is 1.00 bits per heavy atom. The van der Waals surface area contributed by atoms with Crippen LogP contribution in [0.2, 0.25) is 0 Å². The third kappa shape index (κ3) is 4.82. The topological polar surface area (TPSA) is 50.2 Å². The summed E-state index contributed by atoms with van der Waals surface area (Å²) >= 11 is 0. The summed E-state index contributed by atoms with van der Waals surface area (Å²) in [5, 5.41) is 7.62. The molecule has 0 atom stereocenters. The molecule has 0 radical (unpaired) electrons. The van der Waals surface area contributed by atoms with Gasteiger partial charge in [0, 0.05) is 31.6 Å². The van der Waals surface area contributed by atoms with Gasteiger partial charge in [-0.1, -0.05) is 43.2 Å². The highest BCUT2D eigenvalue weighted by molar-refractivity contribution is 5.89. The van der Waals surface area contributed by atoms with E-state index in [1.54, 1.807) is 0 Å². The van der Waals surface area contributed by atoms with Crippen molar-refractivity contribution in [3.8, 4) is 0 Å². The minimum atomic E-state index is 0.0843. The van der Waals surface area contributed by atoms with E-state index in [1.807, 2.05) is 35.1 Å². The number of likely N-dealkylation sites (tertiary alicyclic amines) is 1. The van der Waals surface area contributed by atoms with Crippen molar-refractivity contribution in [2.24, 2.45) is 0 Å². The number of aryl methyl sites for hydroxylation is 1. The van der Waals surface area contributed by atoms with Crippen LogP contribution in [0.1, 0.15) is 63.0 Å². The van der Waals surface area contributed by atoms with Gasteiger partial charge < -0.3 is 10.2 Å². The number of benzene rings is 1. The van der Waals surface area contributed by atoms with Gasteiger partial charge in [-0.15, -0.1) is 0 Å². The Balaban J connectivity index is 1.25. The monoisotopic (exact) mass is 380 g/mol. The lowest BCUT2D eigenvalue weighted by Crippen LogP contribution is -2.40. The number of nitrogens with zero attached hydrogens (tertiary/aromatic N) is 3.